The Morgan fingerprint density at radius 3 is 2.22 bits per heavy atom. The Bertz CT molecular complexity index is 1350. The molecule has 3 aromatic rings. The lowest BCUT2D eigenvalue weighted by molar-refractivity contribution is -0.127. The molecule has 4 rings (SSSR count). The number of ether oxygens (including phenoxy) is 2. The third kappa shape index (κ3) is 6.56. The highest BCUT2D eigenvalue weighted by Crippen LogP contribution is 2.32. The molecular weight excluding hydrogens is 496 g/mol. The van der Waals surface area contributed by atoms with Crippen LogP contribution in [0.5, 0.6) is 11.5 Å². The summed E-state index contributed by atoms with van der Waals surface area (Å²) in [7, 11) is 1.54. The number of rotatable bonds is 9. The Labute approximate surface area is 216 Å². The Hall–Kier alpha value is -4.57. The smallest absolute Gasteiger partial charge is 0.335 e. The van der Waals surface area contributed by atoms with Gasteiger partial charge in [-0.25, -0.2) is 4.79 Å². The third-order valence-corrected chi connectivity index (χ3v) is 6.24. The van der Waals surface area contributed by atoms with E-state index in [1.54, 1.807) is 66.7 Å². The van der Waals surface area contributed by atoms with Gasteiger partial charge in [-0.2, -0.15) is 0 Å². The molecule has 1 aliphatic heterocycles. The predicted octanol–water partition coefficient (Wildman–Crippen LogP) is 4.65. The summed E-state index contributed by atoms with van der Waals surface area (Å²) in [6.45, 7) is -0.134. The molecule has 1 heterocycles. The number of hydrogen-bond donors (Lipinski definition) is 2. The lowest BCUT2D eigenvalue weighted by Gasteiger charge is -2.12. The number of amides is 3. The highest BCUT2D eigenvalue weighted by molar-refractivity contribution is 8.18. The van der Waals surface area contributed by atoms with Crippen molar-refractivity contribution < 1.29 is 33.8 Å². The molecule has 2 N–H and O–H groups in total. The van der Waals surface area contributed by atoms with Crippen LogP contribution in [0.4, 0.5) is 10.5 Å². The number of benzene rings is 3. The Balaban J connectivity index is 1.33. The van der Waals surface area contributed by atoms with Crippen LogP contribution in [0.1, 0.15) is 21.5 Å². The van der Waals surface area contributed by atoms with Gasteiger partial charge in [-0.15, -0.1) is 0 Å². The fourth-order valence-electron chi connectivity index (χ4n) is 3.38. The second-order valence-electron chi connectivity index (χ2n) is 7.90. The molecular formula is C27H22N2O7S. The van der Waals surface area contributed by atoms with Gasteiger partial charge in [0, 0.05) is 5.69 Å². The minimum atomic E-state index is -0.988. The minimum absolute atomic E-state index is 0.204. The van der Waals surface area contributed by atoms with Gasteiger partial charge in [0.25, 0.3) is 11.1 Å². The topological polar surface area (TPSA) is 122 Å². The van der Waals surface area contributed by atoms with Crippen LogP contribution in [0, 0.1) is 0 Å². The van der Waals surface area contributed by atoms with E-state index in [0.717, 1.165) is 22.2 Å². The summed E-state index contributed by atoms with van der Waals surface area (Å²) in [6, 6.07) is 20.0. The van der Waals surface area contributed by atoms with E-state index in [9.17, 15) is 19.2 Å². The van der Waals surface area contributed by atoms with E-state index >= 15 is 0 Å². The van der Waals surface area contributed by atoms with E-state index in [0.29, 0.717) is 22.7 Å². The highest BCUT2D eigenvalue weighted by atomic mass is 32.2. The second kappa shape index (κ2) is 11.4. The van der Waals surface area contributed by atoms with E-state index in [4.69, 9.17) is 14.6 Å². The number of nitrogens with one attached hydrogen (secondary N) is 1. The Morgan fingerprint density at radius 1 is 0.946 bits per heavy atom. The molecule has 37 heavy (non-hydrogen) atoms. The first-order valence-electron chi connectivity index (χ1n) is 11.1. The molecule has 1 saturated heterocycles. The van der Waals surface area contributed by atoms with Gasteiger partial charge < -0.3 is 19.9 Å². The maximum atomic E-state index is 12.7. The van der Waals surface area contributed by atoms with Gasteiger partial charge in [0.1, 0.15) is 24.7 Å². The zero-order chi connectivity index (χ0) is 26.4. The molecule has 3 aromatic carbocycles. The lowest BCUT2D eigenvalue weighted by atomic mass is 10.1. The minimum Gasteiger partial charge on any atom is -0.497 e. The molecule has 1 fully saturated rings. The summed E-state index contributed by atoms with van der Waals surface area (Å²) in [5.41, 5.74) is 2.23. The highest BCUT2D eigenvalue weighted by Gasteiger charge is 2.36. The van der Waals surface area contributed by atoms with Gasteiger partial charge in [0.05, 0.1) is 17.6 Å². The number of thioether (sulfide) groups is 1. The van der Waals surface area contributed by atoms with Crippen molar-refractivity contribution in [2.45, 2.75) is 6.61 Å². The fourth-order valence-corrected chi connectivity index (χ4v) is 4.21. The number of carboxylic acids is 1. The van der Waals surface area contributed by atoms with Crippen molar-refractivity contribution in [3.05, 3.63) is 94.4 Å². The molecule has 1 aliphatic rings. The van der Waals surface area contributed by atoms with Gasteiger partial charge in [0.2, 0.25) is 5.91 Å². The molecule has 0 radical (unpaired) electrons. The maximum absolute atomic E-state index is 12.7. The zero-order valence-electron chi connectivity index (χ0n) is 19.7. The van der Waals surface area contributed by atoms with Crippen molar-refractivity contribution in [3.8, 4) is 11.5 Å². The molecule has 10 heteroatoms. The van der Waals surface area contributed by atoms with Gasteiger partial charge in [-0.05, 0) is 77.5 Å². The molecule has 0 aliphatic carbocycles. The van der Waals surface area contributed by atoms with E-state index in [-0.39, 0.29) is 17.1 Å². The van der Waals surface area contributed by atoms with E-state index in [1.807, 2.05) is 0 Å². The molecule has 3 amide bonds. The van der Waals surface area contributed by atoms with Gasteiger partial charge in [-0.3, -0.25) is 19.3 Å². The summed E-state index contributed by atoms with van der Waals surface area (Å²) in [5.74, 6) is -0.792. The number of methoxy groups -OCH3 is 1. The average molecular weight is 519 g/mol. The quantitative estimate of drug-likeness (QED) is 0.393. The summed E-state index contributed by atoms with van der Waals surface area (Å²) >= 11 is 0.774. The first-order valence-corrected chi connectivity index (χ1v) is 11.9. The number of carboxylic acid groups (broad SMARTS) is 1. The molecule has 0 atom stereocenters. The number of imide groups is 1. The first kappa shape index (κ1) is 25.5. The zero-order valence-corrected chi connectivity index (χ0v) is 20.5. The fraction of sp³-hybridized carbons (Fsp3) is 0.111. The predicted molar refractivity (Wildman–Crippen MR) is 138 cm³/mol. The summed E-state index contributed by atoms with van der Waals surface area (Å²) < 4.78 is 10.8. The first-order chi connectivity index (χ1) is 17.8. The van der Waals surface area contributed by atoms with Crippen LogP contribution >= 0.6 is 11.8 Å². The molecule has 9 nitrogen and oxygen atoms in total. The number of carbonyl (C=O) groups excluding carboxylic acids is 3. The lowest BCUT2D eigenvalue weighted by Crippen LogP contribution is -2.36. The Kier molecular flexibility index (Phi) is 7.89. The maximum Gasteiger partial charge on any atom is 0.335 e. The van der Waals surface area contributed by atoms with E-state index in [2.05, 4.69) is 5.32 Å². The number of nitrogens with zero attached hydrogens (tertiary/aromatic N) is 1. The number of aromatic carboxylic acids is 1. The van der Waals surface area contributed by atoms with Crippen molar-refractivity contribution in [1.82, 2.24) is 4.90 Å². The SMILES string of the molecule is COc1ccc(NC(=O)CN2C(=O)S/C(=C/c3ccc(OCc4ccc(C(=O)O)cc4)cc3)C2=O)cc1. The molecule has 0 unspecified atom stereocenters. The normalized spacial score (nSPS) is 14.1. The molecule has 188 valence electrons. The van der Waals surface area contributed by atoms with Crippen LogP contribution in [0.15, 0.2) is 77.7 Å². The van der Waals surface area contributed by atoms with Gasteiger partial charge in [0.15, 0.2) is 0 Å². The summed E-state index contributed by atoms with van der Waals surface area (Å²) in [6.07, 6.45) is 1.58. The van der Waals surface area contributed by atoms with Crippen molar-refractivity contribution in [1.29, 1.82) is 0 Å². The second-order valence-corrected chi connectivity index (χ2v) is 8.90. The molecule has 0 spiro atoms. The van der Waals surface area contributed by atoms with Crippen LogP contribution < -0.4 is 14.8 Å². The van der Waals surface area contributed by atoms with Gasteiger partial charge >= 0.3 is 5.97 Å². The van der Waals surface area contributed by atoms with Gasteiger partial charge in [-0.1, -0.05) is 24.3 Å². The van der Waals surface area contributed by atoms with Crippen LogP contribution in [0.25, 0.3) is 6.08 Å². The van der Waals surface area contributed by atoms with Crippen LogP contribution in [0.3, 0.4) is 0 Å². The molecule has 0 saturated carbocycles. The van der Waals surface area contributed by atoms with Crippen molar-refractivity contribution in [2.24, 2.45) is 0 Å². The number of hydrogen-bond acceptors (Lipinski definition) is 7. The Morgan fingerprint density at radius 2 is 1.59 bits per heavy atom. The van der Waals surface area contributed by atoms with Crippen LogP contribution in [0.2, 0.25) is 0 Å². The number of anilines is 1. The standard InChI is InChI=1S/C27H22N2O7S/c1-35-21-12-8-20(9-13-21)28-24(30)15-29-25(31)23(37-27(29)34)14-17-4-10-22(11-5-17)36-16-18-2-6-19(7-3-18)26(32)33/h2-14H,15-16H2,1H3,(H,28,30)(H,32,33)/b23-14+. The molecule has 0 bridgehead atoms. The van der Waals surface area contributed by atoms with Crippen molar-refractivity contribution >= 4 is 46.5 Å². The third-order valence-electron chi connectivity index (χ3n) is 5.33. The average Bonchev–Trinajstić information content (AvgIpc) is 3.16. The molecule has 0 aromatic heterocycles. The van der Waals surface area contributed by atoms with Crippen molar-refractivity contribution in [3.63, 3.8) is 0 Å². The van der Waals surface area contributed by atoms with E-state index < -0.39 is 29.6 Å². The summed E-state index contributed by atoms with van der Waals surface area (Å²) in [5, 5.41) is 11.1. The van der Waals surface area contributed by atoms with Crippen LogP contribution in [-0.2, 0) is 16.2 Å². The number of carbonyl (C=O) groups is 4. The summed E-state index contributed by atoms with van der Waals surface area (Å²) in [4.78, 5) is 49.5. The van der Waals surface area contributed by atoms with E-state index in [1.165, 1.54) is 19.2 Å². The van der Waals surface area contributed by atoms with Crippen LogP contribution in [-0.4, -0.2) is 46.7 Å². The monoisotopic (exact) mass is 518 g/mol. The largest absolute Gasteiger partial charge is 0.497 e. The van der Waals surface area contributed by atoms with Crippen molar-refractivity contribution in [2.75, 3.05) is 19.0 Å².